The van der Waals surface area contributed by atoms with E-state index in [1.165, 1.54) is 12.8 Å². The zero-order chi connectivity index (χ0) is 24.8. The third-order valence-corrected chi connectivity index (χ3v) is 6.25. The number of hydrogen-bond acceptors (Lipinski definition) is 5. The Balaban J connectivity index is 0.000000514. The van der Waals surface area contributed by atoms with Crippen LogP contribution < -0.4 is 9.47 Å². The van der Waals surface area contributed by atoms with E-state index in [9.17, 15) is 9.90 Å². The molecule has 3 aromatic carbocycles. The molecule has 1 unspecified atom stereocenters. The van der Waals surface area contributed by atoms with Crippen molar-refractivity contribution in [3.05, 3.63) is 76.9 Å². The first kappa shape index (κ1) is 24.6. The molecular weight excluding hydrogens is 444 g/mol. The Morgan fingerprint density at radius 3 is 2.43 bits per heavy atom. The molecule has 5 rings (SSSR count). The fourth-order valence-electron chi connectivity index (χ4n) is 4.62. The summed E-state index contributed by atoms with van der Waals surface area (Å²) in [7, 11) is 0. The van der Waals surface area contributed by atoms with Crippen LogP contribution in [-0.4, -0.2) is 36.0 Å². The summed E-state index contributed by atoms with van der Waals surface area (Å²) in [5.41, 5.74) is 6.20. The Hall–Kier alpha value is -3.51. The molecule has 3 aromatic rings. The number of fused-ring (bicyclic) bond motifs is 1. The molecule has 0 bridgehead atoms. The number of aromatic hydroxyl groups is 1. The minimum Gasteiger partial charge on any atom is -0.508 e. The van der Waals surface area contributed by atoms with Gasteiger partial charge in [0.2, 0.25) is 0 Å². The molecule has 2 heterocycles. The lowest BCUT2D eigenvalue weighted by Gasteiger charge is -2.13. The average Bonchev–Trinajstić information content (AvgIpc) is 3.51. The molecule has 0 saturated carbocycles. The van der Waals surface area contributed by atoms with Gasteiger partial charge in [0.25, 0.3) is 0 Å². The van der Waals surface area contributed by atoms with E-state index in [4.69, 9.17) is 19.3 Å². The summed E-state index contributed by atoms with van der Waals surface area (Å²) in [4.78, 5) is 11.0. The number of aryl methyl sites for hydroxylation is 2. The molecule has 1 fully saturated rings. The molecule has 1 saturated heterocycles. The highest BCUT2D eigenvalue weighted by Gasteiger charge is 2.26. The molecule has 2 aliphatic heterocycles. The van der Waals surface area contributed by atoms with Crippen LogP contribution in [0.5, 0.6) is 17.2 Å². The quantitative estimate of drug-likeness (QED) is 0.454. The van der Waals surface area contributed by atoms with Crippen LogP contribution in [0.1, 0.15) is 47.4 Å². The van der Waals surface area contributed by atoms with Gasteiger partial charge in [-0.2, -0.15) is 0 Å². The monoisotopic (exact) mass is 476 g/mol. The van der Waals surface area contributed by atoms with Gasteiger partial charge in [-0.05, 0) is 78.8 Å². The van der Waals surface area contributed by atoms with Crippen LogP contribution in [0.25, 0.3) is 11.1 Å². The Bertz CT molecular complexity index is 1150. The maximum absolute atomic E-state index is 11.0. The second-order valence-corrected chi connectivity index (χ2v) is 9.07. The Morgan fingerprint density at radius 1 is 1.03 bits per heavy atom. The second kappa shape index (κ2) is 11.3. The molecule has 2 N–H and O–H groups in total. The lowest BCUT2D eigenvalue weighted by Crippen LogP contribution is -2.07. The van der Waals surface area contributed by atoms with Crippen molar-refractivity contribution in [1.29, 1.82) is 0 Å². The van der Waals surface area contributed by atoms with Crippen molar-refractivity contribution in [2.45, 2.75) is 45.6 Å². The Morgan fingerprint density at radius 2 is 1.77 bits per heavy atom. The van der Waals surface area contributed by atoms with Crippen molar-refractivity contribution in [3.63, 3.8) is 0 Å². The summed E-state index contributed by atoms with van der Waals surface area (Å²) in [5, 5.41) is 18.8. The van der Waals surface area contributed by atoms with Crippen molar-refractivity contribution in [3.8, 4) is 28.4 Å². The smallest absolute Gasteiger partial charge is 0.304 e. The van der Waals surface area contributed by atoms with E-state index >= 15 is 0 Å². The van der Waals surface area contributed by atoms with Gasteiger partial charge in [-0.3, -0.25) is 4.79 Å². The molecular formula is C29H32O6. The summed E-state index contributed by atoms with van der Waals surface area (Å²) in [6.07, 6.45) is 2.62. The first-order valence-corrected chi connectivity index (χ1v) is 12.0. The van der Waals surface area contributed by atoms with Crippen molar-refractivity contribution in [1.82, 2.24) is 0 Å². The molecule has 0 aliphatic carbocycles. The number of ether oxygens (including phenoxy) is 3. The summed E-state index contributed by atoms with van der Waals surface area (Å²) in [5.74, 6) is 0.725. The molecule has 0 aromatic heterocycles. The molecule has 0 radical (unpaired) electrons. The summed E-state index contributed by atoms with van der Waals surface area (Å²) in [6.45, 7) is 6.78. The van der Waals surface area contributed by atoms with Gasteiger partial charge in [0, 0.05) is 30.8 Å². The molecule has 2 aliphatic rings. The lowest BCUT2D eigenvalue weighted by molar-refractivity contribution is -0.137. The van der Waals surface area contributed by atoms with Crippen molar-refractivity contribution in [2.75, 3.05) is 19.8 Å². The summed E-state index contributed by atoms with van der Waals surface area (Å²) in [6, 6.07) is 17.3. The lowest BCUT2D eigenvalue weighted by atomic mass is 9.94. The number of rotatable bonds is 6. The zero-order valence-corrected chi connectivity index (χ0v) is 20.3. The first-order chi connectivity index (χ1) is 16.9. The predicted molar refractivity (Wildman–Crippen MR) is 134 cm³/mol. The van der Waals surface area contributed by atoms with Gasteiger partial charge in [0.05, 0.1) is 13.0 Å². The molecule has 184 valence electrons. The van der Waals surface area contributed by atoms with E-state index in [2.05, 4.69) is 12.1 Å². The number of hydrogen-bond donors (Lipinski definition) is 2. The highest BCUT2D eigenvalue weighted by molar-refractivity contribution is 5.72. The van der Waals surface area contributed by atoms with Gasteiger partial charge < -0.3 is 24.4 Å². The number of carbonyl (C=O) groups is 1. The van der Waals surface area contributed by atoms with Gasteiger partial charge in [-0.25, -0.2) is 0 Å². The van der Waals surface area contributed by atoms with E-state index in [1.54, 1.807) is 12.1 Å². The van der Waals surface area contributed by atoms with E-state index in [0.29, 0.717) is 24.7 Å². The van der Waals surface area contributed by atoms with Crippen LogP contribution in [0.2, 0.25) is 0 Å². The predicted octanol–water partition coefficient (Wildman–Crippen LogP) is 6.00. The fraction of sp³-hybridized carbons (Fsp3) is 0.345. The maximum atomic E-state index is 11.0. The summed E-state index contributed by atoms with van der Waals surface area (Å²) < 4.78 is 16.6. The molecule has 35 heavy (non-hydrogen) atoms. The van der Waals surface area contributed by atoms with Gasteiger partial charge in [-0.15, -0.1) is 0 Å². The van der Waals surface area contributed by atoms with Crippen LogP contribution in [0.4, 0.5) is 0 Å². The minimum absolute atomic E-state index is 0.0656. The highest BCUT2D eigenvalue weighted by Crippen LogP contribution is 2.38. The van der Waals surface area contributed by atoms with Crippen molar-refractivity contribution < 1.29 is 29.2 Å². The fourth-order valence-corrected chi connectivity index (χ4v) is 4.62. The third kappa shape index (κ3) is 6.34. The standard InChI is InChI=1S/C25H24O5.C4H8O/c1-15-8-20(26)9-16(2)25(15)18-5-3-4-17(10-18)13-29-21-6-7-22-19(11-24(27)28)14-30-23(22)12-21;1-2-4-5-3-1/h3-10,12,19,26H,11,13-14H2,1-2H3,(H,27,28);1-4H2. The second-order valence-electron chi connectivity index (χ2n) is 9.07. The molecule has 6 heteroatoms. The van der Waals surface area contributed by atoms with E-state index in [-0.39, 0.29) is 18.1 Å². The van der Waals surface area contributed by atoms with Gasteiger partial charge in [-0.1, -0.05) is 24.3 Å². The highest BCUT2D eigenvalue weighted by atomic mass is 16.5. The number of carboxylic acids is 1. The van der Waals surface area contributed by atoms with Crippen molar-refractivity contribution in [2.24, 2.45) is 0 Å². The topological polar surface area (TPSA) is 85.2 Å². The van der Waals surface area contributed by atoms with Crippen molar-refractivity contribution >= 4 is 5.97 Å². The van der Waals surface area contributed by atoms with Crippen LogP contribution in [0.3, 0.4) is 0 Å². The van der Waals surface area contributed by atoms with E-state index in [0.717, 1.165) is 46.6 Å². The largest absolute Gasteiger partial charge is 0.508 e. The number of phenols is 1. The molecule has 0 amide bonds. The SMILES string of the molecule is C1CCOC1.Cc1cc(O)cc(C)c1-c1cccc(COc2ccc3c(c2)OCC3CC(=O)O)c1. The van der Waals surface area contributed by atoms with Crippen LogP contribution in [0.15, 0.2) is 54.6 Å². The van der Waals surface area contributed by atoms with E-state index < -0.39 is 5.97 Å². The average molecular weight is 477 g/mol. The number of carboxylic acid groups (broad SMARTS) is 1. The van der Waals surface area contributed by atoms with Crippen LogP contribution >= 0.6 is 0 Å². The van der Waals surface area contributed by atoms with Crippen LogP contribution in [-0.2, 0) is 16.1 Å². The molecule has 0 spiro atoms. The third-order valence-electron chi connectivity index (χ3n) is 6.25. The maximum Gasteiger partial charge on any atom is 0.304 e. The first-order valence-electron chi connectivity index (χ1n) is 12.0. The van der Waals surface area contributed by atoms with Crippen LogP contribution in [0, 0.1) is 13.8 Å². The zero-order valence-electron chi connectivity index (χ0n) is 20.3. The number of phenolic OH excluding ortho intramolecular Hbond substituents is 1. The Kier molecular flexibility index (Phi) is 7.93. The minimum atomic E-state index is -0.823. The molecule has 6 nitrogen and oxygen atoms in total. The van der Waals surface area contributed by atoms with E-state index in [1.807, 2.05) is 44.2 Å². The normalized spacial score (nSPS) is 16.1. The Labute approximate surface area is 206 Å². The number of aliphatic carboxylic acids is 1. The number of benzene rings is 3. The summed E-state index contributed by atoms with van der Waals surface area (Å²) >= 11 is 0. The van der Waals surface area contributed by atoms with Gasteiger partial charge in [0.1, 0.15) is 23.9 Å². The molecule has 1 atom stereocenters. The van der Waals surface area contributed by atoms with Gasteiger partial charge in [0.15, 0.2) is 0 Å². The van der Waals surface area contributed by atoms with Gasteiger partial charge >= 0.3 is 5.97 Å².